The predicted molar refractivity (Wildman–Crippen MR) is 138 cm³/mol. The Labute approximate surface area is 221 Å². The third-order valence-corrected chi connectivity index (χ3v) is 6.62. The molecule has 0 aromatic heterocycles. The van der Waals surface area contributed by atoms with E-state index in [0.29, 0.717) is 0 Å². The minimum Gasteiger partial charge on any atom is -0.869 e. The van der Waals surface area contributed by atoms with E-state index in [1.54, 1.807) is 20.8 Å². The number of Topliss-reactive ketones (excluding diaryl/α,β-unsaturated/α-hetero) is 1. The monoisotopic (exact) mass is 543 g/mol. The van der Waals surface area contributed by atoms with Crippen LogP contribution in [0.25, 0.3) is 33.4 Å². The zero-order valence-corrected chi connectivity index (χ0v) is 22.0. The van der Waals surface area contributed by atoms with Crippen molar-refractivity contribution in [2.75, 3.05) is 14.2 Å². The fourth-order valence-electron chi connectivity index (χ4n) is 4.11. The predicted octanol–water partition coefficient (Wildman–Crippen LogP) is 5.89. The number of ether oxygens (including phenoxy) is 2. The van der Waals surface area contributed by atoms with Gasteiger partial charge in [0.05, 0.1) is 24.8 Å². The summed E-state index contributed by atoms with van der Waals surface area (Å²) in [4.78, 5) is 38.2. The average molecular weight is 544 g/mol. The Morgan fingerprint density at radius 2 is 1.62 bits per heavy atom. The van der Waals surface area contributed by atoms with Crippen molar-refractivity contribution in [3.63, 3.8) is 0 Å². The van der Waals surface area contributed by atoms with Crippen LogP contribution in [0.2, 0.25) is 10.0 Å². The van der Waals surface area contributed by atoms with Crippen LogP contribution in [0.15, 0.2) is 39.5 Å². The molecule has 192 valence electrons. The highest BCUT2D eigenvalue weighted by atomic mass is 35.5. The zero-order valence-electron chi connectivity index (χ0n) is 20.4. The van der Waals surface area contributed by atoms with Crippen LogP contribution in [-0.2, 0) is 0 Å². The number of hydrogen-bond donors (Lipinski definition) is 1. The van der Waals surface area contributed by atoms with E-state index in [2.05, 4.69) is 0 Å². The summed E-state index contributed by atoms with van der Waals surface area (Å²) in [6.07, 6.45) is 0. The van der Waals surface area contributed by atoms with Crippen molar-refractivity contribution >= 4 is 45.9 Å². The maximum atomic E-state index is 13.1. The lowest BCUT2D eigenvalue weighted by Crippen LogP contribution is -2.20. The van der Waals surface area contributed by atoms with Gasteiger partial charge in [-0.15, -0.1) is 0 Å². The molecule has 0 atom stereocenters. The molecule has 2 aliphatic rings. The van der Waals surface area contributed by atoms with Gasteiger partial charge in [-0.1, -0.05) is 50.0 Å². The third-order valence-electron chi connectivity index (χ3n) is 5.93. The summed E-state index contributed by atoms with van der Waals surface area (Å²) in [6, 6.07) is 6.92. The van der Waals surface area contributed by atoms with Crippen molar-refractivity contribution < 1.29 is 33.7 Å². The van der Waals surface area contributed by atoms with Gasteiger partial charge < -0.3 is 24.1 Å². The fraction of sp³-hybridized carbons (Fsp3) is 0.222. The van der Waals surface area contributed by atoms with E-state index in [-0.39, 0.29) is 71.9 Å². The molecule has 4 rings (SSSR count). The maximum Gasteiger partial charge on any atom is 0.336 e. The quantitative estimate of drug-likeness (QED) is 0.244. The number of carboxylic acid groups (broad SMARTS) is 1. The second-order valence-electron chi connectivity index (χ2n) is 9.32. The Morgan fingerprint density at radius 3 is 2.19 bits per heavy atom. The van der Waals surface area contributed by atoms with Crippen molar-refractivity contribution in [3.05, 3.63) is 61.7 Å². The number of halogens is 2. The van der Waals surface area contributed by atoms with Gasteiger partial charge in [-0.3, -0.25) is 9.59 Å². The number of fused-ring (bicyclic) bond motifs is 2. The molecule has 0 radical (unpaired) electrons. The first-order valence-electron chi connectivity index (χ1n) is 10.9. The molecule has 0 saturated carbocycles. The normalized spacial score (nSPS) is 11.6. The highest BCUT2D eigenvalue weighted by molar-refractivity contribution is 6.38. The Hall–Kier alpha value is -3.75. The Morgan fingerprint density at radius 1 is 0.973 bits per heavy atom. The lowest BCUT2D eigenvalue weighted by atomic mass is 9.83. The fourth-order valence-corrected chi connectivity index (χ4v) is 4.57. The Kier molecular flexibility index (Phi) is 6.60. The van der Waals surface area contributed by atoms with Gasteiger partial charge in [0, 0.05) is 27.5 Å². The lowest BCUT2D eigenvalue weighted by molar-refractivity contribution is -0.269. The summed E-state index contributed by atoms with van der Waals surface area (Å²) < 4.78 is 16.3. The average Bonchev–Trinajstić information content (AvgIpc) is 2.85. The van der Waals surface area contributed by atoms with E-state index in [9.17, 15) is 24.6 Å². The highest BCUT2D eigenvalue weighted by Crippen LogP contribution is 2.49. The summed E-state index contributed by atoms with van der Waals surface area (Å²) in [7, 11) is 2.57. The van der Waals surface area contributed by atoms with Crippen LogP contribution >= 0.6 is 23.2 Å². The summed E-state index contributed by atoms with van der Waals surface area (Å²) in [6.45, 7) is 5.23. The first kappa shape index (κ1) is 26.3. The van der Waals surface area contributed by atoms with Gasteiger partial charge in [0.2, 0.25) is 5.43 Å². The van der Waals surface area contributed by atoms with Crippen LogP contribution in [0, 0.1) is 5.41 Å². The first-order valence-corrected chi connectivity index (χ1v) is 11.7. The molecule has 2 aromatic carbocycles. The van der Waals surface area contributed by atoms with Gasteiger partial charge in [-0.05, 0) is 35.6 Å². The summed E-state index contributed by atoms with van der Waals surface area (Å²) in [5, 5.41) is 22.3. The molecule has 37 heavy (non-hydrogen) atoms. The molecule has 2 aromatic rings. The second kappa shape index (κ2) is 9.28. The van der Waals surface area contributed by atoms with Crippen molar-refractivity contribution in [2.45, 2.75) is 20.8 Å². The molecule has 1 aliphatic heterocycles. The van der Waals surface area contributed by atoms with Crippen molar-refractivity contribution in [2.24, 2.45) is 5.41 Å². The zero-order chi connectivity index (χ0) is 27.4. The van der Waals surface area contributed by atoms with Crippen molar-refractivity contribution in [1.82, 2.24) is 0 Å². The number of methoxy groups -OCH3 is 2. The van der Waals surface area contributed by atoms with Gasteiger partial charge in [-0.25, -0.2) is 4.79 Å². The summed E-state index contributed by atoms with van der Waals surface area (Å²) in [5.74, 6) is -2.55. The first-order chi connectivity index (χ1) is 17.3. The van der Waals surface area contributed by atoms with Crippen LogP contribution < -0.4 is 20.0 Å². The van der Waals surface area contributed by atoms with E-state index >= 15 is 0 Å². The minimum absolute atomic E-state index is 0.113. The molecule has 1 heterocycles. The molecular formula is C27H21Cl2O8-. The number of carbonyl (C=O) groups is 2. The highest BCUT2D eigenvalue weighted by Gasteiger charge is 2.30. The molecule has 10 heteroatoms. The van der Waals surface area contributed by atoms with Crippen LogP contribution in [-0.4, -0.2) is 31.1 Å². The third kappa shape index (κ3) is 4.26. The molecule has 8 nitrogen and oxygen atoms in total. The number of carbonyl (C=O) groups excluding carboxylic acids is 1. The van der Waals surface area contributed by atoms with Gasteiger partial charge in [0.25, 0.3) is 0 Å². The van der Waals surface area contributed by atoms with E-state index in [1.807, 2.05) is 0 Å². The summed E-state index contributed by atoms with van der Waals surface area (Å²) >= 11 is 12.7. The number of aromatic carboxylic acids is 1. The molecule has 1 N–H and O–H groups in total. The van der Waals surface area contributed by atoms with Gasteiger partial charge in [0.1, 0.15) is 10.8 Å². The molecule has 0 bridgehead atoms. The standard InChI is InChI=1S/C27H22Cl2O8/c1-27(2,3)25(32)11-6-7-12(26(33)34)13(8-11)18-14-9-16(35-4)21(30)19(28)23(14)37-24-15(18)10-17(36-5)22(31)20(24)29/h6-10,30H,1-5H3,(H,33,34)/p-1. The largest absolute Gasteiger partial charge is 0.869 e. The van der Waals surface area contributed by atoms with Crippen LogP contribution in [0.5, 0.6) is 17.2 Å². The maximum absolute atomic E-state index is 13.1. The Bertz CT molecular complexity index is 1630. The molecule has 1 aliphatic carbocycles. The molecule has 0 spiro atoms. The minimum atomic E-state index is -1.27. The van der Waals surface area contributed by atoms with Crippen LogP contribution in [0.4, 0.5) is 0 Å². The molecule has 0 fully saturated rings. The van der Waals surface area contributed by atoms with Crippen molar-refractivity contribution in [3.8, 4) is 39.7 Å². The van der Waals surface area contributed by atoms with Crippen LogP contribution in [0.1, 0.15) is 41.5 Å². The Balaban J connectivity index is 2.31. The van der Waals surface area contributed by atoms with E-state index < -0.39 is 22.6 Å². The van der Waals surface area contributed by atoms with E-state index in [0.717, 1.165) is 0 Å². The number of ketones is 1. The van der Waals surface area contributed by atoms with Crippen molar-refractivity contribution in [1.29, 1.82) is 0 Å². The van der Waals surface area contributed by atoms with Gasteiger partial charge in [-0.2, -0.15) is 0 Å². The van der Waals surface area contributed by atoms with Crippen LogP contribution in [0.3, 0.4) is 0 Å². The van der Waals surface area contributed by atoms with E-state index in [1.165, 1.54) is 44.6 Å². The molecule has 0 unspecified atom stereocenters. The number of rotatable bonds is 5. The lowest BCUT2D eigenvalue weighted by Gasteiger charge is -2.23. The second-order valence-corrected chi connectivity index (χ2v) is 10.1. The van der Waals surface area contributed by atoms with E-state index in [4.69, 9.17) is 37.1 Å². The van der Waals surface area contributed by atoms with Gasteiger partial charge in [0.15, 0.2) is 22.9 Å². The summed E-state index contributed by atoms with van der Waals surface area (Å²) in [5.41, 5.74) is -0.939. The number of benzene rings is 3. The number of hydrogen-bond acceptors (Lipinski definition) is 7. The topological polar surface area (TPSA) is 126 Å². The van der Waals surface area contributed by atoms with Gasteiger partial charge >= 0.3 is 5.97 Å². The molecule has 0 saturated heterocycles. The SMILES string of the molecule is COc1cc2c(-c3cc(C(=O)C(C)(C)C)ccc3C(=O)O)c3cc(OC)c(=O)c(Cl)c-3oc2c(Cl)c1[O-]. The molecule has 0 amide bonds. The smallest absolute Gasteiger partial charge is 0.336 e. The number of carboxylic acids is 1. The molecular weight excluding hydrogens is 523 g/mol.